The van der Waals surface area contributed by atoms with Gasteiger partial charge in [0.25, 0.3) is 0 Å². The van der Waals surface area contributed by atoms with E-state index < -0.39 is 18.2 Å². The number of hydrogen-bond donors (Lipinski definition) is 3. The Balaban J connectivity index is 1.86. The number of aliphatic carboxylic acids is 1. The summed E-state index contributed by atoms with van der Waals surface area (Å²) in [6.45, 7) is 0. The molecular formula is C22H30BBrO4S. The first-order chi connectivity index (χ1) is 13.9. The molecule has 0 saturated heterocycles. The first-order valence-electron chi connectivity index (χ1n) is 10.2. The summed E-state index contributed by atoms with van der Waals surface area (Å²) in [5.74, 6) is -0.335. The quantitative estimate of drug-likeness (QED) is 0.229. The van der Waals surface area contributed by atoms with Gasteiger partial charge in [-0.1, -0.05) is 30.6 Å². The monoisotopic (exact) mass is 480 g/mol. The molecule has 0 amide bonds. The van der Waals surface area contributed by atoms with Crippen molar-refractivity contribution in [3.63, 3.8) is 0 Å². The third-order valence-electron chi connectivity index (χ3n) is 5.58. The average molecular weight is 481 g/mol. The van der Waals surface area contributed by atoms with Gasteiger partial charge in [0.1, 0.15) is 0 Å². The van der Waals surface area contributed by atoms with Gasteiger partial charge in [-0.25, -0.2) is 0 Å². The second-order valence-corrected chi connectivity index (χ2v) is 9.67. The molecule has 2 rings (SSSR count). The van der Waals surface area contributed by atoms with Crippen LogP contribution in [0.15, 0.2) is 40.2 Å². The van der Waals surface area contributed by atoms with Crippen molar-refractivity contribution >= 4 is 41.1 Å². The van der Waals surface area contributed by atoms with Crippen molar-refractivity contribution in [3.8, 4) is 0 Å². The van der Waals surface area contributed by atoms with Gasteiger partial charge in [-0.05, 0) is 78.3 Å². The zero-order valence-corrected chi connectivity index (χ0v) is 19.0. The van der Waals surface area contributed by atoms with E-state index in [0.29, 0.717) is 25.6 Å². The molecule has 5 atom stereocenters. The number of carboxylic acid groups (broad SMARTS) is 1. The minimum Gasteiger partial charge on any atom is -0.481 e. The summed E-state index contributed by atoms with van der Waals surface area (Å²) in [7, 11) is 5.93. The van der Waals surface area contributed by atoms with E-state index in [1.54, 1.807) is 11.3 Å². The Hall–Kier alpha value is -0.885. The van der Waals surface area contributed by atoms with E-state index in [9.17, 15) is 15.0 Å². The predicted molar refractivity (Wildman–Crippen MR) is 122 cm³/mol. The highest BCUT2D eigenvalue weighted by Crippen LogP contribution is 2.42. The number of rotatable bonds is 12. The second-order valence-electron chi connectivity index (χ2n) is 7.76. The molecule has 7 heteroatoms. The predicted octanol–water partition coefficient (Wildman–Crippen LogP) is 4.76. The minimum atomic E-state index is -0.772. The lowest BCUT2D eigenvalue weighted by atomic mass is 9.80. The summed E-state index contributed by atoms with van der Waals surface area (Å²) in [5.41, 5.74) is 0. The maximum atomic E-state index is 10.6. The lowest BCUT2D eigenvalue weighted by Gasteiger charge is -2.21. The highest BCUT2D eigenvalue weighted by molar-refractivity contribution is 9.10. The standard InChI is InChI=1S/C22H30BBrO4S/c23-13-15-11-21(26)20(5-3-1-2-4-6-22(27)28)19(15)10-8-17(25)7-9-18-12-16(24)14-29-18/h1,3,8,10,12,14-15,17,19-21,25-26H,2,4-7,9,11,13H2,(H,27,28)/t15-,17-,19-,20+,21?/m0/s1. The van der Waals surface area contributed by atoms with Crippen LogP contribution in [-0.2, 0) is 11.2 Å². The molecule has 0 bridgehead atoms. The number of halogens is 1. The van der Waals surface area contributed by atoms with Gasteiger partial charge in [-0.2, -0.15) is 0 Å². The molecule has 0 aliphatic heterocycles. The normalized spacial score (nSPS) is 25.9. The molecule has 1 aliphatic carbocycles. The van der Waals surface area contributed by atoms with Crippen LogP contribution in [-0.4, -0.2) is 41.3 Å². The third-order valence-corrected chi connectivity index (χ3v) is 7.34. The Kier molecular flexibility index (Phi) is 10.7. The lowest BCUT2D eigenvalue weighted by molar-refractivity contribution is -0.137. The third kappa shape index (κ3) is 8.40. The molecule has 29 heavy (non-hydrogen) atoms. The maximum Gasteiger partial charge on any atom is 0.303 e. The smallest absolute Gasteiger partial charge is 0.303 e. The van der Waals surface area contributed by atoms with Gasteiger partial charge in [-0.15, -0.1) is 11.3 Å². The number of aliphatic hydroxyl groups excluding tert-OH is 2. The van der Waals surface area contributed by atoms with Crippen molar-refractivity contribution in [2.75, 3.05) is 0 Å². The summed E-state index contributed by atoms with van der Waals surface area (Å²) in [5, 5.41) is 31.6. The van der Waals surface area contributed by atoms with Crippen LogP contribution in [0.2, 0.25) is 6.32 Å². The van der Waals surface area contributed by atoms with Gasteiger partial charge >= 0.3 is 5.97 Å². The van der Waals surface area contributed by atoms with E-state index in [4.69, 9.17) is 13.0 Å². The molecule has 158 valence electrons. The Bertz CT molecular complexity index is 690. The molecular weight excluding hydrogens is 451 g/mol. The summed E-state index contributed by atoms with van der Waals surface area (Å²) in [6, 6.07) is 2.08. The van der Waals surface area contributed by atoms with Crippen LogP contribution in [0, 0.1) is 17.8 Å². The number of unbranched alkanes of at least 4 members (excludes halogenated alkanes) is 1. The molecule has 4 nitrogen and oxygen atoms in total. The fourth-order valence-corrected chi connectivity index (χ4v) is 5.46. The summed E-state index contributed by atoms with van der Waals surface area (Å²) < 4.78 is 1.08. The minimum absolute atomic E-state index is 0.0796. The van der Waals surface area contributed by atoms with Crippen LogP contribution in [0.4, 0.5) is 0 Å². The number of carboxylic acids is 1. The molecule has 1 unspecified atom stereocenters. The molecule has 0 aromatic carbocycles. The number of hydrogen-bond acceptors (Lipinski definition) is 4. The van der Waals surface area contributed by atoms with Crippen molar-refractivity contribution in [3.05, 3.63) is 45.1 Å². The van der Waals surface area contributed by atoms with E-state index >= 15 is 0 Å². The number of aryl methyl sites for hydroxylation is 1. The number of thiophene rings is 1. The topological polar surface area (TPSA) is 77.8 Å². The Labute approximate surface area is 187 Å². The Morgan fingerprint density at radius 3 is 2.86 bits per heavy atom. The molecule has 1 aromatic rings. The molecule has 1 aromatic heterocycles. The zero-order valence-electron chi connectivity index (χ0n) is 16.6. The van der Waals surface area contributed by atoms with Crippen molar-refractivity contribution < 1.29 is 20.1 Å². The van der Waals surface area contributed by atoms with E-state index in [-0.39, 0.29) is 24.2 Å². The van der Waals surface area contributed by atoms with Crippen LogP contribution in [0.25, 0.3) is 0 Å². The summed E-state index contributed by atoms with van der Waals surface area (Å²) in [6.07, 6.45) is 12.0. The maximum absolute atomic E-state index is 10.6. The zero-order chi connectivity index (χ0) is 21.2. The van der Waals surface area contributed by atoms with Gasteiger partial charge in [0.05, 0.1) is 20.1 Å². The van der Waals surface area contributed by atoms with Crippen LogP contribution in [0.1, 0.15) is 43.4 Å². The largest absolute Gasteiger partial charge is 0.481 e. The Morgan fingerprint density at radius 2 is 2.21 bits per heavy atom. The number of carbonyl (C=O) groups is 1. The van der Waals surface area contributed by atoms with E-state index in [1.165, 1.54) is 4.88 Å². The molecule has 0 spiro atoms. The van der Waals surface area contributed by atoms with Gasteiger partial charge in [0.15, 0.2) is 0 Å². The fourth-order valence-electron chi connectivity index (χ4n) is 3.99. The van der Waals surface area contributed by atoms with Crippen molar-refractivity contribution in [1.82, 2.24) is 0 Å². The van der Waals surface area contributed by atoms with E-state index in [2.05, 4.69) is 22.0 Å². The van der Waals surface area contributed by atoms with Gasteiger partial charge in [0, 0.05) is 21.2 Å². The van der Waals surface area contributed by atoms with Crippen molar-refractivity contribution in [2.45, 2.75) is 63.5 Å². The van der Waals surface area contributed by atoms with Crippen LogP contribution in [0.3, 0.4) is 0 Å². The van der Waals surface area contributed by atoms with Gasteiger partial charge in [0.2, 0.25) is 0 Å². The van der Waals surface area contributed by atoms with E-state index in [0.717, 1.165) is 23.7 Å². The highest BCUT2D eigenvalue weighted by Gasteiger charge is 2.39. The molecule has 2 radical (unpaired) electrons. The molecule has 1 aliphatic rings. The summed E-state index contributed by atoms with van der Waals surface area (Å²) >= 11 is 5.13. The van der Waals surface area contributed by atoms with Crippen LogP contribution < -0.4 is 0 Å². The van der Waals surface area contributed by atoms with Crippen LogP contribution >= 0.6 is 27.3 Å². The second kappa shape index (κ2) is 12.7. The highest BCUT2D eigenvalue weighted by atomic mass is 79.9. The molecule has 3 N–H and O–H groups in total. The average Bonchev–Trinajstić information content (AvgIpc) is 3.23. The molecule has 1 saturated carbocycles. The molecule has 1 heterocycles. The van der Waals surface area contributed by atoms with Gasteiger partial charge < -0.3 is 15.3 Å². The summed E-state index contributed by atoms with van der Waals surface area (Å²) in [4.78, 5) is 11.8. The Morgan fingerprint density at radius 1 is 1.41 bits per heavy atom. The first-order valence-corrected chi connectivity index (χ1v) is 11.9. The van der Waals surface area contributed by atoms with Gasteiger partial charge in [-0.3, -0.25) is 4.79 Å². The number of aliphatic hydroxyl groups is 2. The van der Waals surface area contributed by atoms with E-state index in [1.807, 2.05) is 29.7 Å². The van der Waals surface area contributed by atoms with Crippen LogP contribution in [0.5, 0.6) is 0 Å². The van der Waals surface area contributed by atoms with Crippen molar-refractivity contribution in [1.29, 1.82) is 0 Å². The number of allylic oxidation sites excluding steroid dienone is 3. The SMILES string of the molecule is [B]C[C@@H]1CC(O)[C@H](CC=CCCCC(=O)O)[C@H]1C=C[C@@H](O)CCc1cc(Br)cs1. The van der Waals surface area contributed by atoms with Crippen molar-refractivity contribution in [2.24, 2.45) is 17.8 Å². The first kappa shape index (κ1) is 24.4. The molecule has 1 fully saturated rings. The lowest BCUT2D eigenvalue weighted by Crippen LogP contribution is -2.19. The fraction of sp³-hybridized carbons (Fsp3) is 0.591.